The predicted octanol–water partition coefficient (Wildman–Crippen LogP) is 7.39. The normalized spacial score (nSPS) is 10.8. The second kappa shape index (κ2) is 18.5. The van der Waals surface area contributed by atoms with Crippen molar-refractivity contribution >= 4 is 5.78 Å². The Bertz CT molecular complexity index is 244. The minimum atomic E-state index is 0.489. The summed E-state index contributed by atoms with van der Waals surface area (Å²) in [4.78, 5) is 11.8. The summed E-state index contributed by atoms with van der Waals surface area (Å²) in [6.45, 7) is 6.00. The van der Waals surface area contributed by atoms with Gasteiger partial charge in [-0.3, -0.25) is 4.79 Å². The first-order valence-electron chi connectivity index (χ1n) is 9.93. The van der Waals surface area contributed by atoms with E-state index in [0.29, 0.717) is 5.78 Å². The molecule has 0 aliphatic heterocycles. The zero-order valence-corrected chi connectivity index (χ0v) is 15.2. The van der Waals surface area contributed by atoms with Gasteiger partial charge in [0.15, 0.2) is 0 Å². The maximum absolute atomic E-state index is 11.8. The standard InChI is InChI=1S/C21H40O/c1-3-5-7-9-11-12-13-14-16-18-20-21(22)19-17-15-10-8-6-4-2/h4H,2-3,5-20H2,1H3. The van der Waals surface area contributed by atoms with E-state index in [9.17, 15) is 4.79 Å². The van der Waals surface area contributed by atoms with E-state index in [0.717, 1.165) is 32.1 Å². The number of hydrogen-bond acceptors (Lipinski definition) is 1. The molecule has 0 aromatic carbocycles. The molecular weight excluding hydrogens is 268 g/mol. The molecule has 0 spiro atoms. The number of hydrogen-bond donors (Lipinski definition) is 0. The lowest BCUT2D eigenvalue weighted by Crippen LogP contribution is -1.97. The molecule has 0 rings (SSSR count). The molecule has 0 fully saturated rings. The van der Waals surface area contributed by atoms with Gasteiger partial charge in [-0.15, -0.1) is 6.58 Å². The molecule has 0 aromatic heterocycles. The molecule has 0 atom stereocenters. The topological polar surface area (TPSA) is 17.1 Å². The van der Waals surface area contributed by atoms with Crippen molar-refractivity contribution in [2.45, 2.75) is 116 Å². The molecule has 0 heterocycles. The van der Waals surface area contributed by atoms with Gasteiger partial charge in [0.1, 0.15) is 5.78 Å². The van der Waals surface area contributed by atoms with Crippen molar-refractivity contribution in [3.8, 4) is 0 Å². The molecule has 0 aliphatic rings. The van der Waals surface area contributed by atoms with Crippen LogP contribution in [0.2, 0.25) is 0 Å². The lowest BCUT2D eigenvalue weighted by Gasteiger charge is -2.03. The van der Waals surface area contributed by atoms with Crippen molar-refractivity contribution in [3.05, 3.63) is 12.7 Å². The van der Waals surface area contributed by atoms with E-state index in [2.05, 4.69) is 13.5 Å². The molecule has 0 amide bonds. The molecule has 1 nitrogen and oxygen atoms in total. The second-order valence-corrected chi connectivity index (χ2v) is 6.71. The van der Waals surface area contributed by atoms with Crippen molar-refractivity contribution in [3.63, 3.8) is 0 Å². The van der Waals surface area contributed by atoms with E-state index < -0.39 is 0 Å². The Morgan fingerprint density at radius 2 is 1.09 bits per heavy atom. The van der Waals surface area contributed by atoms with Crippen LogP contribution in [0.25, 0.3) is 0 Å². The fourth-order valence-electron chi connectivity index (χ4n) is 2.90. The van der Waals surface area contributed by atoms with Crippen LogP contribution in [-0.4, -0.2) is 5.78 Å². The van der Waals surface area contributed by atoms with Gasteiger partial charge in [0, 0.05) is 12.8 Å². The third kappa shape index (κ3) is 17.5. The second-order valence-electron chi connectivity index (χ2n) is 6.71. The number of carbonyl (C=O) groups is 1. The van der Waals surface area contributed by atoms with Gasteiger partial charge in [-0.25, -0.2) is 0 Å². The molecule has 0 unspecified atom stereocenters. The summed E-state index contributed by atoms with van der Waals surface area (Å²) in [6.07, 6.45) is 22.9. The van der Waals surface area contributed by atoms with Crippen molar-refractivity contribution in [2.24, 2.45) is 0 Å². The van der Waals surface area contributed by atoms with Crippen molar-refractivity contribution in [1.29, 1.82) is 0 Å². The van der Waals surface area contributed by atoms with Crippen LogP contribution in [0.15, 0.2) is 12.7 Å². The molecule has 0 aliphatic carbocycles. The fraction of sp³-hybridized carbons (Fsp3) is 0.857. The third-order valence-corrected chi connectivity index (χ3v) is 4.42. The predicted molar refractivity (Wildman–Crippen MR) is 99.4 cm³/mol. The van der Waals surface area contributed by atoms with Crippen LogP contribution in [0.5, 0.6) is 0 Å². The Hall–Kier alpha value is -0.590. The van der Waals surface area contributed by atoms with Gasteiger partial charge in [0.25, 0.3) is 0 Å². The van der Waals surface area contributed by atoms with E-state index in [4.69, 9.17) is 0 Å². The highest BCUT2D eigenvalue weighted by Crippen LogP contribution is 2.12. The van der Waals surface area contributed by atoms with Crippen molar-refractivity contribution in [2.75, 3.05) is 0 Å². The number of unbranched alkanes of at least 4 members (excludes halogenated alkanes) is 13. The van der Waals surface area contributed by atoms with Crippen LogP contribution < -0.4 is 0 Å². The summed E-state index contributed by atoms with van der Waals surface area (Å²) in [7, 11) is 0. The molecule has 0 aromatic rings. The molecule has 0 radical (unpaired) electrons. The quantitative estimate of drug-likeness (QED) is 0.190. The maximum atomic E-state index is 11.8. The highest BCUT2D eigenvalue weighted by Gasteiger charge is 2.01. The molecule has 1 heteroatoms. The minimum Gasteiger partial charge on any atom is -0.300 e. The number of rotatable bonds is 18. The number of carbonyl (C=O) groups excluding carboxylic acids is 1. The smallest absolute Gasteiger partial charge is 0.132 e. The molecule has 0 saturated heterocycles. The van der Waals surface area contributed by atoms with E-state index in [1.807, 2.05) is 6.08 Å². The van der Waals surface area contributed by atoms with Crippen LogP contribution in [0.3, 0.4) is 0 Å². The molecule has 0 N–H and O–H groups in total. The third-order valence-electron chi connectivity index (χ3n) is 4.42. The monoisotopic (exact) mass is 308 g/mol. The summed E-state index contributed by atoms with van der Waals surface area (Å²) in [5.41, 5.74) is 0. The molecule has 22 heavy (non-hydrogen) atoms. The first-order valence-corrected chi connectivity index (χ1v) is 9.93. The molecule has 130 valence electrons. The van der Waals surface area contributed by atoms with Crippen LogP contribution in [0.1, 0.15) is 116 Å². The summed E-state index contributed by atoms with van der Waals surface area (Å²) in [5.74, 6) is 0.489. The van der Waals surface area contributed by atoms with Gasteiger partial charge in [-0.2, -0.15) is 0 Å². The average molecular weight is 309 g/mol. The van der Waals surface area contributed by atoms with Crippen molar-refractivity contribution in [1.82, 2.24) is 0 Å². The number of ketones is 1. The van der Waals surface area contributed by atoms with Gasteiger partial charge in [0.2, 0.25) is 0 Å². The van der Waals surface area contributed by atoms with E-state index >= 15 is 0 Å². The van der Waals surface area contributed by atoms with E-state index in [1.54, 1.807) is 0 Å². The molecule has 0 bridgehead atoms. The number of allylic oxidation sites excluding steroid dienone is 1. The first kappa shape index (κ1) is 21.4. The van der Waals surface area contributed by atoms with E-state index in [-0.39, 0.29) is 0 Å². The largest absolute Gasteiger partial charge is 0.300 e. The van der Waals surface area contributed by atoms with Gasteiger partial charge >= 0.3 is 0 Å². The average Bonchev–Trinajstić information content (AvgIpc) is 2.52. The van der Waals surface area contributed by atoms with Crippen LogP contribution in [0.4, 0.5) is 0 Å². The Kier molecular flexibility index (Phi) is 18.0. The molecule has 0 saturated carbocycles. The van der Waals surface area contributed by atoms with Gasteiger partial charge in [-0.05, 0) is 25.7 Å². The van der Waals surface area contributed by atoms with Gasteiger partial charge in [-0.1, -0.05) is 83.6 Å². The zero-order valence-electron chi connectivity index (χ0n) is 15.2. The lowest BCUT2D eigenvalue weighted by atomic mass is 10.0. The van der Waals surface area contributed by atoms with Gasteiger partial charge in [0.05, 0.1) is 0 Å². The van der Waals surface area contributed by atoms with Crippen molar-refractivity contribution < 1.29 is 4.79 Å². The lowest BCUT2D eigenvalue weighted by molar-refractivity contribution is -0.119. The SMILES string of the molecule is C=CCCCCCCC(=O)CCCCCCCCCCCC. The highest BCUT2D eigenvalue weighted by atomic mass is 16.1. The summed E-state index contributed by atoms with van der Waals surface area (Å²) < 4.78 is 0. The fourth-order valence-corrected chi connectivity index (χ4v) is 2.90. The highest BCUT2D eigenvalue weighted by molar-refractivity contribution is 5.78. The Labute approximate surface area is 140 Å². The maximum Gasteiger partial charge on any atom is 0.132 e. The first-order chi connectivity index (χ1) is 10.8. The summed E-state index contributed by atoms with van der Waals surface area (Å²) in [6, 6.07) is 0. The van der Waals surface area contributed by atoms with Crippen LogP contribution >= 0.6 is 0 Å². The van der Waals surface area contributed by atoms with Crippen LogP contribution in [0, 0.1) is 0 Å². The molecular formula is C21H40O. The number of Topliss-reactive ketones (excluding diaryl/α,β-unsaturated/α-hetero) is 1. The minimum absolute atomic E-state index is 0.489. The zero-order chi connectivity index (χ0) is 16.3. The van der Waals surface area contributed by atoms with E-state index in [1.165, 1.54) is 77.0 Å². The summed E-state index contributed by atoms with van der Waals surface area (Å²) in [5, 5.41) is 0. The van der Waals surface area contributed by atoms with Crippen LogP contribution in [-0.2, 0) is 4.79 Å². The Balaban J connectivity index is 3.13. The Morgan fingerprint density at radius 3 is 1.55 bits per heavy atom. The summed E-state index contributed by atoms with van der Waals surface area (Å²) >= 11 is 0. The van der Waals surface area contributed by atoms with Gasteiger partial charge < -0.3 is 0 Å². The Morgan fingerprint density at radius 1 is 0.682 bits per heavy atom.